The van der Waals surface area contributed by atoms with Crippen LogP contribution in [0.1, 0.15) is 16.8 Å². The molecule has 0 amide bonds. The van der Waals surface area contributed by atoms with Gasteiger partial charge in [0.05, 0.1) is 9.73 Å². The lowest BCUT2D eigenvalue weighted by Gasteiger charge is -2.08. The van der Waals surface area contributed by atoms with Crippen molar-refractivity contribution in [3.8, 4) is 0 Å². The van der Waals surface area contributed by atoms with Crippen LogP contribution >= 0.6 is 0 Å². The lowest BCUT2D eigenvalue weighted by Crippen LogP contribution is -2.12. The number of aromatic nitrogens is 3. The van der Waals surface area contributed by atoms with Crippen LogP contribution in [0.2, 0.25) is 0 Å². The Labute approximate surface area is 127 Å². The van der Waals surface area contributed by atoms with Crippen LogP contribution in [0.5, 0.6) is 0 Å². The van der Waals surface area contributed by atoms with Crippen molar-refractivity contribution in [1.82, 2.24) is 14.6 Å². The summed E-state index contributed by atoms with van der Waals surface area (Å²) in [6, 6.07) is 8.63. The summed E-state index contributed by atoms with van der Waals surface area (Å²) in [6.07, 6.45) is 3.51. The molecule has 2 heterocycles. The van der Waals surface area contributed by atoms with Gasteiger partial charge in [0.25, 0.3) is 5.56 Å². The fraction of sp³-hybridized carbons (Fsp3) is 0.200. The van der Waals surface area contributed by atoms with E-state index in [9.17, 15) is 9.00 Å². The highest BCUT2D eigenvalue weighted by Gasteiger charge is 2.09. The highest BCUT2D eigenvalue weighted by molar-refractivity contribution is 7.91. The predicted molar refractivity (Wildman–Crippen MR) is 84.8 cm³/mol. The highest BCUT2D eigenvalue weighted by atomic mass is 32.2. The molecule has 1 aromatic carbocycles. The van der Waals surface area contributed by atoms with Gasteiger partial charge in [-0.25, -0.2) is 18.5 Å². The molecule has 6 nitrogen and oxygen atoms in total. The molecule has 7 heteroatoms. The largest absolute Gasteiger partial charge is 0.293 e. The Hall–Kier alpha value is -2.41. The van der Waals surface area contributed by atoms with Crippen LogP contribution in [0.3, 0.4) is 0 Å². The van der Waals surface area contributed by atoms with Gasteiger partial charge in [0.1, 0.15) is 0 Å². The summed E-state index contributed by atoms with van der Waals surface area (Å²) in [5.41, 5.74) is 3.32. The minimum absolute atomic E-state index is 0.150. The summed E-state index contributed by atoms with van der Waals surface area (Å²) in [4.78, 5) is 16.4. The number of aryl methyl sites for hydroxylation is 1. The maximum atomic E-state index is 11.8. The molecule has 3 aromatic rings. The molecule has 3 rings (SSSR count). The van der Waals surface area contributed by atoms with E-state index in [4.69, 9.17) is 4.78 Å². The fourth-order valence-corrected chi connectivity index (χ4v) is 3.10. The number of rotatable bonds is 3. The smallest absolute Gasteiger partial charge is 0.272 e. The lowest BCUT2D eigenvalue weighted by atomic mass is 10.0. The Bertz CT molecular complexity index is 1020. The van der Waals surface area contributed by atoms with E-state index in [1.54, 1.807) is 12.1 Å². The first-order valence-corrected chi connectivity index (χ1v) is 8.70. The number of fused-ring (bicyclic) bond motifs is 1. The van der Waals surface area contributed by atoms with E-state index in [2.05, 4.69) is 10.1 Å². The molecular weight excluding hydrogens is 300 g/mol. The van der Waals surface area contributed by atoms with Crippen molar-refractivity contribution < 1.29 is 4.21 Å². The first-order chi connectivity index (χ1) is 10.3. The molecule has 0 saturated carbocycles. The van der Waals surface area contributed by atoms with Crippen LogP contribution in [-0.4, -0.2) is 25.1 Å². The van der Waals surface area contributed by atoms with Crippen LogP contribution in [0.4, 0.5) is 0 Å². The number of hydrogen-bond acceptors (Lipinski definition) is 4. The van der Waals surface area contributed by atoms with Gasteiger partial charge in [0.2, 0.25) is 0 Å². The van der Waals surface area contributed by atoms with Crippen LogP contribution in [0.15, 0.2) is 46.2 Å². The minimum Gasteiger partial charge on any atom is -0.293 e. The molecule has 0 fully saturated rings. The van der Waals surface area contributed by atoms with E-state index in [1.807, 2.05) is 19.1 Å². The fourth-order valence-electron chi connectivity index (χ4n) is 2.37. The van der Waals surface area contributed by atoms with Gasteiger partial charge in [-0.05, 0) is 30.2 Å². The second kappa shape index (κ2) is 5.10. The number of aromatic amines is 1. The predicted octanol–water partition coefficient (Wildman–Crippen LogP) is 1.96. The monoisotopic (exact) mass is 316 g/mol. The van der Waals surface area contributed by atoms with Gasteiger partial charge in [-0.2, -0.15) is 0 Å². The Morgan fingerprint density at radius 1 is 1.32 bits per heavy atom. The van der Waals surface area contributed by atoms with Crippen molar-refractivity contribution in [2.75, 3.05) is 6.26 Å². The van der Waals surface area contributed by atoms with Crippen molar-refractivity contribution in [2.24, 2.45) is 0 Å². The maximum absolute atomic E-state index is 11.8. The average Bonchev–Trinajstić information content (AvgIpc) is 2.84. The van der Waals surface area contributed by atoms with Gasteiger partial charge in [0, 0.05) is 41.6 Å². The summed E-state index contributed by atoms with van der Waals surface area (Å²) in [6.45, 7) is 1.93. The van der Waals surface area contributed by atoms with E-state index in [0.717, 1.165) is 16.8 Å². The molecule has 2 aromatic heterocycles. The van der Waals surface area contributed by atoms with Crippen molar-refractivity contribution in [1.29, 1.82) is 4.78 Å². The van der Waals surface area contributed by atoms with Gasteiger partial charge in [0.15, 0.2) is 5.65 Å². The van der Waals surface area contributed by atoms with E-state index in [1.165, 1.54) is 23.0 Å². The Balaban J connectivity index is 1.98. The zero-order chi connectivity index (χ0) is 15.9. The third kappa shape index (κ3) is 2.67. The molecule has 22 heavy (non-hydrogen) atoms. The summed E-state index contributed by atoms with van der Waals surface area (Å²) < 4.78 is 20.8. The molecular formula is C15H16N4O2S. The van der Waals surface area contributed by atoms with E-state index in [0.29, 0.717) is 17.0 Å². The standard InChI is InChI=1S/C15H16N4O2S/c1-10-7-13(22(2,16)21)4-3-11(10)8-12-9-14-17-6-5-15(20)19(14)18-12/h3-7,9,16,18H,8H2,1-2H3. The van der Waals surface area contributed by atoms with E-state index in [-0.39, 0.29) is 5.56 Å². The maximum Gasteiger partial charge on any atom is 0.272 e. The molecule has 0 spiro atoms. The van der Waals surface area contributed by atoms with Crippen molar-refractivity contribution in [3.63, 3.8) is 0 Å². The first-order valence-electron chi connectivity index (χ1n) is 6.73. The van der Waals surface area contributed by atoms with Gasteiger partial charge in [-0.3, -0.25) is 9.89 Å². The molecule has 0 bridgehead atoms. The second-order valence-corrected chi connectivity index (χ2v) is 7.53. The topological polar surface area (TPSA) is 91.1 Å². The number of benzene rings is 1. The Morgan fingerprint density at radius 3 is 2.73 bits per heavy atom. The molecule has 1 unspecified atom stereocenters. The quantitative estimate of drug-likeness (QED) is 0.774. The zero-order valence-electron chi connectivity index (χ0n) is 12.3. The van der Waals surface area contributed by atoms with Crippen LogP contribution in [0.25, 0.3) is 5.65 Å². The van der Waals surface area contributed by atoms with Gasteiger partial charge in [-0.1, -0.05) is 6.07 Å². The molecule has 0 aliphatic carbocycles. The third-order valence-corrected chi connectivity index (χ3v) is 4.73. The third-order valence-electron chi connectivity index (χ3n) is 3.58. The zero-order valence-corrected chi connectivity index (χ0v) is 13.1. The Morgan fingerprint density at radius 2 is 2.09 bits per heavy atom. The van der Waals surface area contributed by atoms with Crippen LogP contribution in [0, 0.1) is 11.7 Å². The normalized spacial score (nSPS) is 14.1. The number of nitrogens with zero attached hydrogens (tertiary/aromatic N) is 2. The van der Waals surface area contributed by atoms with Gasteiger partial charge in [-0.15, -0.1) is 0 Å². The average molecular weight is 316 g/mol. The molecule has 0 saturated heterocycles. The summed E-state index contributed by atoms with van der Waals surface area (Å²) >= 11 is 0. The Kier molecular flexibility index (Phi) is 3.37. The number of nitrogens with one attached hydrogen (secondary N) is 2. The van der Waals surface area contributed by atoms with Crippen molar-refractivity contribution >= 4 is 15.4 Å². The molecule has 0 aliphatic heterocycles. The number of hydrogen-bond donors (Lipinski definition) is 2. The van der Waals surface area contributed by atoms with Crippen molar-refractivity contribution in [2.45, 2.75) is 18.2 Å². The molecule has 114 valence electrons. The minimum atomic E-state index is -2.70. The lowest BCUT2D eigenvalue weighted by molar-refractivity contribution is 0.679. The highest BCUT2D eigenvalue weighted by Crippen LogP contribution is 2.18. The summed E-state index contributed by atoms with van der Waals surface area (Å²) in [5.74, 6) is 0. The molecule has 0 radical (unpaired) electrons. The molecule has 2 N–H and O–H groups in total. The van der Waals surface area contributed by atoms with Gasteiger partial charge >= 0.3 is 0 Å². The second-order valence-electron chi connectivity index (χ2n) is 5.37. The molecule has 1 atom stereocenters. The SMILES string of the molecule is Cc1cc(S(C)(=N)=O)ccc1Cc1cc2nccc(=O)n2[nH]1. The number of H-pyrrole nitrogens is 1. The first kappa shape index (κ1) is 14.5. The summed E-state index contributed by atoms with van der Waals surface area (Å²) in [5, 5.41) is 3.03. The van der Waals surface area contributed by atoms with E-state index < -0.39 is 9.73 Å². The van der Waals surface area contributed by atoms with E-state index >= 15 is 0 Å². The van der Waals surface area contributed by atoms with Gasteiger partial charge < -0.3 is 0 Å². The van der Waals surface area contributed by atoms with Crippen molar-refractivity contribution in [3.05, 3.63) is 63.7 Å². The molecule has 0 aliphatic rings. The van der Waals surface area contributed by atoms with Crippen LogP contribution in [-0.2, 0) is 16.1 Å². The van der Waals surface area contributed by atoms with Crippen LogP contribution < -0.4 is 5.56 Å². The summed E-state index contributed by atoms with van der Waals surface area (Å²) in [7, 11) is -2.70.